The van der Waals surface area contributed by atoms with E-state index in [1.54, 1.807) is 29.2 Å². The lowest BCUT2D eigenvalue weighted by Gasteiger charge is -2.30. The zero-order chi connectivity index (χ0) is 22.8. The fourth-order valence-corrected chi connectivity index (χ4v) is 4.77. The molecule has 0 spiro atoms. The molecule has 1 heterocycles. The van der Waals surface area contributed by atoms with Gasteiger partial charge in [0.2, 0.25) is 15.9 Å². The highest BCUT2D eigenvalue weighted by Gasteiger charge is 2.26. The van der Waals surface area contributed by atoms with E-state index in [-0.39, 0.29) is 24.3 Å². The highest BCUT2D eigenvalue weighted by molar-refractivity contribution is 7.92. The van der Waals surface area contributed by atoms with E-state index in [9.17, 15) is 18.0 Å². The van der Waals surface area contributed by atoms with Gasteiger partial charge in [0.05, 0.1) is 18.5 Å². The van der Waals surface area contributed by atoms with E-state index in [4.69, 9.17) is 5.73 Å². The average Bonchev–Trinajstić information content (AvgIpc) is 2.73. The average molecular weight is 444 g/mol. The predicted octanol–water partition coefficient (Wildman–Crippen LogP) is 2.61. The third-order valence-corrected chi connectivity index (χ3v) is 6.87. The summed E-state index contributed by atoms with van der Waals surface area (Å²) in [4.78, 5) is 25.8. The summed E-state index contributed by atoms with van der Waals surface area (Å²) in [6, 6.07) is 12.7. The molecule has 31 heavy (non-hydrogen) atoms. The highest BCUT2D eigenvalue weighted by Crippen LogP contribution is 2.26. The fourth-order valence-electron chi connectivity index (χ4n) is 3.84. The number of nitrogens with two attached hydrogens (primary N) is 1. The number of sulfonamides is 1. The van der Waals surface area contributed by atoms with E-state index in [0.29, 0.717) is 37.2 Å². The number of anilines is 1. The second kappa shape index (κ2) is 9.09. The van der Waals surface area contributed by atoms with Gasteiger partial charge >= 0.3 is 0 Å². The Hall–Kier alpha value is -2.87. The maximum atomic E-state index is 12.8. The largest absolute Gasteiger partial charge is 0.369 e. The summed E-state index contributed by atoms with van der Waals surface area (Å²) in [5, 5.41) is 0. The van der Waals surface area contributed by atoms with Crippen LogP contribution in [-0.4, -0.2) is 44.5 Å². The lowest BCUT2D eigenvalue weighted by Crippen LogP contribution is -2.41. The monoisotopic (exact) mass is 443 g/mol. The van der Waals surface area contributed by atoms with Crippen molar-refractivity contribution in [2.24, 2.45) is 11.7 Å². The van der Waals surface area contributed by atoms with E-state index in [1.807, 2.05) is 32.0 Å². The minimum atomic E-state index is -3.49. The van der Waals surface area contributed by atoms with Crippen molar-refractivity contribution >= 4 is 27.5 Å². The smallest absolute Gasteiger partial charge is 0.253 e. The third kappa shape index (κ3) is 5.44. The van der Waals surface area contributed by atoms with E-state index >= 15 is 0 Å². The first-order valence-electron chi connectivity index (χ1n) is 10.3. The van der Waals surface area contributed by atoms with Gasteiger partial charge in [-0.15, -0.1) is 0 Å². The Morgan fingerprint density at radius 2 is 1.68 bits per heavy atom. The fraction of sp³-hybridized carbons (Fsp3) is 0.391. The van der Waals surface area contributed by atoms with Crippen molar-refractivity contribution in [3.05, 3.63) is 64.7 Å². The molecule has 1 aliphatic rings. The van der Waals surface area contributed by atoms with Crippen LogP contribution in [0.25, 0.3) is 0 Å². The standard InChI is InChI=1S/C23H29N3O4S/c1-16-4-5-17(2)21(14-16)26(31(3,29)30)15-18-6-8-20(9-7-18)23(28)25-12-10-19(11-13-25)22(24)27/h4-9,14,19H,10-13,15H2,1-3H3,(H2,24,27). The molecule has 3 rings (SSSR count). The molecule has 0 unspecified atom stereocenters. The quantitative estimate of drug-likeness (QED) is 0.741. The molecule has 0 bridgehead atoms. The number of amides is 2. The highest BCUT2D eigenvalue weighted by atomic mass is 32.2. The van der Waals surface area contributed by atoms with Crippen LogP contribution in [0, 0.1) is 19.8 Å². The number of aryl methyl sites for hydroxylation is 2. The van der Waals surface area contributed by atoms with Gasteiger partial charge in [-0.1, -0.05) is 24.3 Å². The zero-order valence-corrected chi connectivity index (χ0v) is 19.0. The van der Waals surface area contributed by atoms with E-state index in [0.717, 1.165) is 16.7 Å². The van der Waals surface area contributed by atoms with Gasteiger partial charge in [0, 0.05) is 24.6 Å². The number of nitrogens with zero attached hydrogens (tertiary/aromatic N) is 2. The zero-order valence-electron chi connectivity index (χ0n) is 18.2. The van der Waals surface area contributed by atoms with Crippen LogP contribution in [0.15, 0.2) is 42.5 Å². The van der Waals surface area contributed by atoms with Gasteiger partial charge in [0.25, 0.3) is 5.91 Å². The minimum Gasteiger partial charge on any atom is -0.369 e. The molecule has 0 aliphatic carbocycles. The van der Waals surface area contributed by atoms with Crippen LogP contribution < -0.4 is 10.0 Å². The lowest BCUT2D eigenvalue weighted by atomic mass is 9.96. The minimum absolute atomic E-state index is 0.0935. The Labute approximate surface area is 183 Å². The molecule has 0 saturated carbocycles. The number of carbonyl (C=O) groups excluding carboxylic acids is 2. The summed E-state index contributed by atoms with van der Waals surface area (Å²) in [6.07, 6.45) is 2.36. The van der Waals surface area contributed by atoms with Crippen LogP contribution in [0.4, 0.5) is 5.69 Å². The summed E-state index contributed by atoms with van der Waals surface area (Å²) in [6.45, 7) is 5.00. The van der Waals surface area contributed by atoms with E-state index in [1.165, 1.54) is 10.6 Å². The summed E-state index contributed by atoms with van der Waals surface area (Å²) in [5.41, 5.74) is 9.20. The molecule has 166 valence electrons. The number of hydrogen-bond acceptors (Lipinski definition) is 4. The molecular weight excluding hydrogens is 414 g/mol. The van der Waals surface area contributed by atoms with E-state index in [2.05, 4.69) is 0 Å². The van der Waals surface area contributed by atoms with E-state index < -0.39 is 10.0 Å². The van der Waals surface area contributed by atoms with Crippen molar-refractivity contribution in [3.8, 4) is 0 Å². The Bertz CT molecular complexity index is 1070. The normalized spacial score (nSPS) is 15.0. The summed E-state index contributed by atoms with van der Waals surface area (Å²) < 4.78 is 26.4. The molecule has 1 saturated heterocycles. The predicted molar refractivity (Wildman–Crippen MR) is 121 cm³/mol. The number of likely N-dealkylation sites (tertiary alicyclic amines) is 1. The second-order valence-corrected chi connectivity index (χ2v) is 10.1. The molecule has 2 N–H and O–H groups in total. The Balaban J connectivity index is 1.75. The van der Waals surface area contributed by atoms with Gasteiger partial charge in [0.15, 0.2) is 0 Å². The van der Waals surface area contributed by atoms with Gasteiger partial charge in [0.1, 0.15) is 0 Å². The topological polar surface area (TPSA) is 101 Å². The maximum Gasteiger partial charge on any atom is 0.253 e. The molecule has 0 aromatic heterocycles. The molecule has 0 radical (unpaired) electrons. The van der Waals surface area contributed by atoms with Gasteiger partial charge < -0.3 is 10.6 Å². The van der Waals surface area contributed by atoms with Crippen LogP contribution in [0.1, 0.15) is 39.9 Å². The van der Waals surface area contributed by atoms with Gasteiger partial charge in [-0.05, 0) is 61.6 Å². The number of rotatable bonds is 6. The number of hydrogen-bond donors (Lipinski definition) is 1. The first kappa shape index (κ1) is 22.8. The molecule has 1 aliphatic heterocycles. The second-order valence-electron chi connectivity index (χ2n) is 8.23. The van der Waals surface area contributed by atoms with Crippen LogP contribution >= 0.6 is 0 Å². The molecule has 0 atom stereocenters. The van der Waals surface area contributed by atoms with Crippen molar-refractivity contribution in [3.63, 3.8) is 0 Å². The van der Waals surface area contributed by atoms with Crippen LogP contribution in [0.2, 0.25) is 0 Å². The summed E-state index contributed by atoms with van der Waals surface area (Å²) in [5.74, 6) is -0.571. The van der Waals surface area contributed by atoms with Crippen molar-refractivity contribution in [2.75, 3.05) is 23.7 Å². The van der Waals surface area contributed by atoms with Gasteiger partial charge in [-0.2, -0.15) is 0 Å². The van der Waals surface area contributed by atoms with Crippen molar-refractivity contribution in [1.29, 1.82) is 0 Å². The van der Waals surface area contributed by atoms with Crippen LogP contribution in [0.5, 0.6) is 0 Å². The van der Waals surface area contributed by atoms with Gasteiger partial charge in [-0.25, -0.2) is 8.42 Å². The van der Waals surface area contributed by atoms with Crippen LogP contribution in [-0.2, 0) is 21.4 Å². The lowest BCUT2D eigenvalue weighted by molar-refractivity contribution is -0.123. The molecule has 2 aromatic rings. The molecule has 1 fully saturated rings. The SMILES string of the molecule is Cc1ccc(C)c(N(Cc2ccc(C(=O)N3CCC(C(N)=O)CC3)cc2)S(C)(=O)=O)c1. The number of piperidine rings is 1. The van der Waals surface area contributed by atoms with Gasteiger partial charge in [-0.3, -0.25) is 13.9 Å². The molecular formula is C23H29N3O4S. The Kier molecular flexibility index (Phi) is 6.69. The van der Waals surface area contributed by atoms with Crippen LogP contribution in [0.3, 0.4) is 0 Å². The summed E-state index contributed by atoms with van der Waals surface area (Å²) in [7, 11) is -3.49. The molecule has 8 heteroatoms. The third-order valence-electron chi connectivity index (χ3n) is 5.75. The molecule has 2 amide bonds. The Morgan fingerprint density at radius 3 is 2.23 bits per heavy atom. The Morgan fingerprint density at radius 1 is 1.06 bits per heavy atom. The molecule has 2 aromatic carbocycles. The van der Waals surface area contributed by atoms with Crippen molar-refractivity contribution in [1.82, 2.24) is 4.90 Å². The first-order chi connectivity index (χ1) is 14.6. The number of primary amides is 1. The molecule has 7 nitrogen and oxygen atoms in total. The summed E-state index contributed by atoms with van der Waals surface area (Å²) >= 11 is 0. The number of carbonyl (C=O) groups is 2. The first-order valence-corrected chi connectivity index (χ1v) is 12.1. The number of benzene rings is 2. The van der Waals surface area contributed by atoms with Crippen molar-refractivity contribution in [2.45, 2.75) is 33.2 Å². The van der Waals surface area contributed by atoms with Crippen molar-refractivity contribution < 1.29 is 18.0 Å². The maximum absolute atomic E-state index is 12.8.